The summed E-state index contributed by atoms with van der Waals surface area (Å²) in [6.07, 6.45) is 3.92. The first kappa shape index (κ1) is 8.55. The van der Waals surface area contributed by atoms with Gasteiger partial charge in [-0.2, -0.15) is 0 Å². The van der Waals surface area contributed by atoms with Gasteiger partial charge in [0, 0.05) is 5.41 Å². The highest BCUT2D eigenvalue weighted by Gasteiger charge is 2.57. The molecule has 1 heterocycles. The number of ether oxygens (including phenoxy) is 1. The van der Waals surface area contributed by atoms with Gasteiger partial charge in [-0.3, -0.25) is 0 Å². The Morgan fingerprint density at radius 1 is 1.17 bits per heavy atom. The minimum atomic E-state index is 0.229. The van der Waals surface area contributed by atoms with Crippen molar-refractivity contribution in [2.45, 2.75) is 52.6 Å². The predicted molar refractivity (Wildman–Crippen MR) is 50.1 cm³/mol. The number of hydrogen-bond donors (Lipinski definition) is 0. The molecule has 0 radical (unpaired) electrons. The largest absolute Gasteiger partial charge is 0.375 e. The molecule has 0 amide bonds. The minimum Gasteiger partial charge on any atom is -0.375 e. The molecule has 12 heavy (non-hydrogen) atoms. The van der Waals surface area contributed by atoms with Gasteiger partial charge in [-0.1, -0.05) is 20.8 Å². The highest BCUT2D eigenvalue weighted by molar-refractivity contribution is 5.07. The maximum atomic E-state index is 5.87. The Bertz CT molecular complexity index is 192. The van der Waals surface area contributed by atoms with E-state index in [-0.39, 0.29) is 5.60 Å². The van der Waals surface area contributed by atoms with Crippen LogP contribution < -0.4 is 0 Å². The Morgan fingerprint density at radius 2 is 1.83 bits per heavy atom. The van der Waals surface area contributed by atoms with Crippen molar-refractivity contribution in [3.05, 3.63) is 0 Å². The monoisotopic (exact) mass is 168 g/mol. The molecule has 1 aliphatic heterocycles. The molecule has 1 saturated heterocycles. The standard InChI is InChI=1S/C11H20O/c1-9(2,3)11-6-5-10(4,7-11)12-8-11/h5-8H2,1-4H3. The summed E-state index contributed by atoms with van der Waals surface area (Å²) in [5.41, 5.74) is 1.14. The van der Waals surface area contributed by atoms with Gasteiger partial charge < -0.3 is 4.74 Å². The molecule has 1 nitrogen and oxygen atoms in total. The van der Waals surface area contributed by atoms with Crippen LogP contribution in [0.5, 0.6) is 0 Å². The SMILES string of the molecule is CC12CCC(C(C)(C)C)(CO1)C2. The smallest absolute Gasteiger partial charge is 0.0661 e. The molecule has 1 saturated carbocycles. The van der Waals surface area contributed by atoms with Crippen molar-refractivity contribution < 1.29 is 4.74 Å². The summed E-state index contributed by atoms with van der Waals surface area (Å²) in [5, 5.41) is 0. The van der Waals surface area contributed by atoms with Crippen molar-refractivity contribution in [1.82, 2.24) is 0 Å². The molecule has 0 N–H and O–H groups in total. The molecule has 0 aromatic heterocycles. The Labute approximate surface area is 75.5 Å². The molecule has 2 bridgehead atoms. The maximum absolute atomic E-state index is 5.87. The summed E-state index contributed by atoms with van der Waals surface area (Å²) in [5.74, 6) is 0. The van der Waals surface area contributed by atoms with Gasteiger partial charge in [-0.05, 0) is 31.6 Å². The zero-order valence-corrected chi connectivity index (χ0v) is 8.74. The van der Waals surface area contributed by atoms with E-state index in [2.05, 4.69) is 27.7 Å². The van der Waals surface area contributed by atoms with Crippen LogP contribution in [0.2, 0.25) is 0 Å². The molecule has 0 spiro atoms. The fourth-order valence-corrected chi connectivity index (χ4v) is 2.81. The van der Waals surface area contributed by atoms with Gasteiger partial charge in [0.25, 0.3) is 0 Å². The molecule has 70 valence electrons. The van der Waals surface area contributed by atoms with Crippen LogP contribution in [0.3, 0.4) is 0 Å². The van der Waals surface area contributed by atoms with Crippen LogP contribution in [0.4, 0.5) is 0 Å². The lowest BCUT2D eigenvalue weighted by molar-refractivity contribution is -0.0377. The first-order chi connectivity index (χ1) is 5.37. The van der Waals surface area contributed by atoms with Crippen LogP contribution in [0.1, 0.15) is 47.0 Å². The Kier molecular flexibility index (Phi) is 1.47. The first-order valence-electron chi connectivity index (χ1n) is 5.01. The Hall–Kier alpha value is -0.0400. The van der Waals surface area contributed by atoms with E-state index >= 15 is 0 Å². The third kappa shape index (κ3) is 0.953. The summed E-state index contributed by atoms with van der Waals surface area (Å²) < 4.78 is 5.87. The van der Waals surface area contributed by atoms with E-state index in [9.17, 15) is 0 Å². The van der Waals surface area contributed by atoms with Crippen LogP contribution in [-0.2, 0) is 4.74 Å². The molecule has 1 heteroatoms. The van der Waals surface area contributed by atoms with Crippen molar-refractivity contribution in [2.24, 2.45) is 10.8 Å². The first-order valence-corrected chi connectivity index (χ1v) is 5.01. The predicted octanol–water partition coefficient (Wildman–Crippen LogP) is 2.99. The highest BCUT2D eigenvalue weighted by atomic mass is 16.5. The van der Waals surface area contributed by atoms with Gasteiger partial charge in [-0.15, -0.1) is 0 Å². The lowest BCUT2D eigenvalue weighted by atomic mass is 9.66. The van der Waals surface area contributed by atoms with Crippen LogP contribution in [-0.4, -0.2) is 12.2 Å². The van der Waals surface area contributed by atoms with Crippen molar-refractivity contribution in [3.63, 3.8) is 0 Å². The molecular formula is C11H20O. The Balaban J connectivity index is 2.27. The number of hydrogen-bond acceptors (Lipinski definition) is 1. The van der Waals surface area contributed by atoms with Crippen molar-refractivity contribution in [2.75, 3.05) is 6.61 Å². The molecule has 2 aliphatic rings. The van der Waals surface area contributed by atoms with E-state index in [1.807, 2.05) is 0 Å². The topological polar surface area (TPSA) is 9.23 Å². The van der Waals surface area contributed by atoms with Crippen molar-refractivity contribution in [3.8, 4) is 0 Å². The summed E-state index contributed by atoms with van der Waals surface area (Å²) in [6, 6.07) is 0. The second kappa shape index (κ2) is 2.06. The van der Waals surface area contributed by atoms with Crippen LogP contribution in [0.25, 0.3) is 0 Å². The second-order valence-electron chi connectivity index (χ2n) is 5.95. The van der Waals surface area contributed by atoms with E-state index in [4.69, 9.17) is 4.74 Å². The third-order valence-corrected chi connectivity index (χ3v) is 4.13. The molecule has 0 aromatic rings. The van der Waals surface area contributed by atoms with Gasteiger partial charge in [0.2, 0.25) is 0 Å². The number of rotatable bonds is 0. The van der Waals surface area contributed by atoms with Gasteiger partial charge in [-0.25, -0.2) is 0 Å². The maximum Gasteiger partial charge on any atom is 0.0661 e. The third-order valence-electron chi connectivity index (χ3n) is 4.13. The fraction of sp³-hybridized carbons (Fsp3) is 1.00. The van der Waals surface area contributed by atoms with Crippen molar-refractivity contribution >= 4 is 0 Å². The summed E-state index contributed by atoms with van der Waals surface area (Å²) in [6.45, 7) is 10.3. The molecule has 2 unspecified atom stereocenters. The quantitative estimate of drug-likeness (QED) is 0.540. The lowest BCUT2D eigenvalue weighted by Gasteiger charge is -2.39. The van der Waals surface area contributed by atoms with Gasteiger partial charge in [0.05, 0.1) is 12.2 Å². The van der Waals surface area contributed by atoms with Gasteiger partial charge in [0.1, 0.15) is 0 Å². The molecule has 2 rings (SSSR count). The summed E-state index contributed by atoms with van der Waals surface area (Å²) >= 11 is 0. The second-order valence-corrected chi connectivity index (χ2v) is 5.95. The van der Waals surface area contributed by atoms with E-state index < -0.39 is 0 Å². The molecule has 2 atom stereocenters. The van der Waals surface area contributed by atoms with Crippen LogP contribution in [0, 0.1) is 10.8 Å². The average Bonchev–Trinajstić information content (AvgIpc) is 2.40. The minimum absolute atomic E-state index is 0.229. The summed E-state index contributed by atoms with van der Waals surface area (Å²) in [4.78, 5) is 0. The molecule has 1 aliphatic carbocycles. The van der Waals surface area contributed by atoms with E-state index in [0.717, 1.165) is 6.61 Å². The highest BCUT2D eigenvalue weighted by Crippen LogP contribution is 2.60. The van der Waals surface area contributed by atoms with Gasteiger partial charge >= 0.3 is 0 Å². The van der Waals surface area contributed by atoms with Gasteiger partial charge in [0.15, 0.2) is 0 Å². The molecule has 2 fully saturated rings. The zero-order valence-electron chi connectivity index (χ0n) is 8.74. The molecule has 0 aromatic carbocycles. The molecular weight excluding hydrogens is 148 g/mol. The van der Waals surface area contributed by atoms with Crippen LogP contribution in [0.15, 0.2) is 0 Å². The lowest BCUT2D eigenvalue weighted by Crippen LogP contribution is -2.35. The van der Waals surface area contributed by atoms with E-state index in [1.165, 1.54) is 19.3 Å². The van der Waals surface area contributed by atoms with Crippen LogP contribution >= 0.6 is 0 Å². The Morgan fingerprint density at radius 3 is 2.00 bits per heavy atom. The summed E-state index contributed by atoms with van der Waals surface area (Å²) in [7, 11) is 0. The van der Waals surface area contributed by atoms with E-state index in [0.29, 0.717) is 10.8 Å². The normalized spacial score (nSPS) is 47.0. The average molecular weight is 168 g/mol. The van der Waals surface area contributed by atoms with E-state index in [1.54, 1.807) is 0 Å². The van der Waals surface area contributed by atoms with Crippen molar-refractivity contribution in [1.29, 1.82) is 0 Å². The fourth-order valence-electron chi connectivity index (χ4n) is 2.81. The zero-order chi connectivity index (χ0) is 9.04. The number of fused-ring (bicyclic) bond motifs is 2.